The first-order valence-electron chi connectivity index (χ1n) is 8.28. The number of nitrogens with one attached hydrogen (secondary N) is 1. The normalized spacial score (nSPS) is 19.9. The third-order valence-corrected chi connectivity index (χ3v) is 4.69. The fraction of sp³-hybridized carbons (Fsp3) is 0.300. The molecule has 0 aliphatic carbocycles. The summed E-state index contributed by atoms with van der Waals surface area (Å²) in [5, 5.41) is 2.84. The highest BCUT2D eigenvalue weighted by Crippen LogP contribution is 2.29. The summed E-state index contributed by atoms with van der Waals surface area (Å²) in [7, 11) is 1.62. The smallest absolute Gasteiger partial charge is 0.325 e. The summed E-state index contributed by atoms with van der Waals surface area (Å²) in [6.07, 6.45) is 0.604. The van der Waals surface area contributed by atoms with Gasteiger partial charge in [-0.05, 0) is 43.5 Å². The maximum absolute atomic E-state index is 12.9. The molecule has 1 fully saturated rings. The van der Waals surface area contributed by atoms with Crippen LogP contribution >= 0.6 is 0 Å². The predicted octanol–water partition coefficient (Wildman–Crippen LogP) is 3.01. The SMILES string of the molecule is COc1ccc(CCN2C(=O)NC(C)(c3ccc(C)cc3)C2=O)cc1. The van der Waals surface area contributed by atoms with E-state index in [4.69, 9.17) is 4.74 Å². The van der Waals surface area contributed by atoms with Crippen LogP contribution in [0.1, 0.15) is 23.6 Å². The van der Waals surface area contributed by atoms with Crippen LogP contribution in [0.2, 0.25) is 0 Å². The number of methoxy groups -OCH3 is 1. The molecule has 0 spiro atoms. The molecule has 1 aliphatic heterocycles. The van der Waals surface area contributed by atoms with Gasteiger partial charge in [-0.1, -0.05) is 42.0 Å². The number of hydrogen-bond donors (Lipinski definition) is 1. The molecule has 1 aliphatic rings. The number of benzene rings is 2. The lowest BCUT2D eigenvalue weighted by atomic mass is 9.91. The number of urea groups is 1. The molecular weight excluding hydrogens is 316 g/mol. The summed E-state index contributed by atoms with van der Waals surface area (Å²) >= 11 is 0. The van der Waals surface area contributed by atoms with Crippen molar-refractivity contribution in [3.8, 4) is 5.75 Å². The molecular formula is C20H22N2O3. The van der Waals surface area contributed by atoms with Gasteiger partial charge in [-0.3, -0.25) is 9.69 Å². The van der Waals surface area contributed by atoms with E-state index in [1.807, 2.05) is 55.5 Å². The van der Waals surface area contributed by atoms with Crippen LogP contribution in [-0.4, -0.2) is 30.5 Å². The number of carbonyl (C=O) groups is 2. The molecule has 1 saturated heterocycles. The molecule has 3 amide bonds. The average Bonchev–Trinajstić information content (AvgIpc) is 2.84. The topological polar surface area (TPSA) is 58.6 Å². The van der Waals surface area contributed by atoms with E-state index >= 15 is 0 Å². The van der Waals surface area contributed by atoms with Gasteiger partial charge in [-0.15, -0.1) is 0 Å². The van der Waals surface area contributed by atoms with E-state index in [1.165, 1.54) is 4.90 Å². The summed E-state index contributed by atoms with van der Waals surface area (Å²) in [6, 6.07) is 14.9. The maximum Gasteiger partial charge on any atom is 0.325 e. The summed E-state index contributed by atoms with van der Waals surface area (Å²) in [4.78, 5) is 26.5. The highest BCUT2D eigenvalue weighted by Gasteiger charge is 2.48. The third kappa shape index (κ3) is 3.22. The van der Waals surface area contributed by atoms with Gasteiger partial charge in [-0.2, -0.15) is 0 Å². The lowest BCUT2D eigenvalue weighted by molar-refractivity contribution is -0.131. The Morgan fingerprint density at radius 3 is 2.28 bits per heavy atom. The molecule has 1 N–H and O–H groups in total. The Labute approximate surface area is 147 Å². The zero-order chi connectivity index (χ0) is 18.0. The van der Waals surface area contributed by atoms with E-state index in [0.29, 0.717) is 13.0 Å². The zero-order valence-electron chi connectivity index (χ0n) is 14.7. The fourth-order valence-corrected chi connectivity index (χ4v) is 3.02. The van der Waals surface area contributed by atoms with Gasteiger partial charge in [0.05, 0.1) is 7.11 Å². The monoisotopic (exact) mass is 338 g/mol. The van der Waals surface area contributed by atoms with Crippen molar-refractivity contribution in [2.45, 2.75) is 25.8 Å². The Balaban J connectivity index is 1.73. The lowest BCUT2D eigenvalue weighted by Gasteiger charge is -2.22. The van der Waals surface area contributed by atoms with Crippen molar-refractivity contribution in [3.63, 3.8) is 0 Å². The number of ether oxygens (including phenoxy) is 1. The van der Waals surface area contributed by atoms with Crippen LogP contribution in [0, 0.1) is 6.92 Å². The van der Waals surface area contributed by atoms with Crippen molar-refractivity contribution in [1.29, 1.82) is 0 Å². The van der Waals surface area contributed by atoms with Crippen LogP contribution < -0.4 is 10.1 Å². The van der Waals surface area contributed by atoms with Crippen molar-refractivity contribution < 1.29 is 14.3 Å². The quantitative estimate of drug-likeness (QED) is 0.853. The summed E-state index contributed by atoms with van der Waals surface area (Å²) in [6.45, 7) is 4.09. The molecule has 1 unspecified atom stereocenters. The first-order chi connectivity index (χ1) is 11.9. The van der Waals surface area contributed by atoms with Crippen molar-refractivity contribution in [2.24, 2.45) is 0 Å². The number of amides is 3. The van der Waals surface area contributed by atoms with Gasteiger partial charge in [0.2, 0.25) is 0 Å². The van der Waals surface area contributed by atoms with Crippen LogP contribution in [0.25, 0.3) is 0 Å². The molecule has 5 nitrogen and oxygen atoms in total. The molecule has 130 valence electrons. The first-order valence-corrected chi connectivity index (χ1v) is 8.28. The largest absolute Gasteiger partial charge is 0.497 e. The number of hydrogen-bond acceptors (Lipinski definition) is 3. The number of carbonyl (C=O) groups excluding carboxylic acids is 2. The highest BCUT2D eigenvalue weighted by molar-refractivity contribution is 6.07. The van der Waals surface area contributed by atoms with Gasteiger partial charge in [0.1, 0.15) is 11.3 Å². The minimum absolute atomic E-state index is 0.213. The number of rotatable bonds is 5. The number of nitrogens with zero attached hydrogens (tertiary/aromatic N) is 1. The summed E-state index contributed by atoms with van der Waals surface area (Å²) in [5.74, 6) is 0.570. The molecule has 1 atom stereocenters. The standard InChI is InChI=1S/C20H22N2O3/c1-14-4-8-16(9-5-14)20(2)18(23)22(19(24)21-20)13-12-15-6-10-17(25-3)11-7-15/h4-11H,12-13H2,1-3H3,(H,21,24). The highest BCUT2D eigenvalue weighted by atomic mass is 16.5. The van der Waals surface area contributed by atoms with Gasteiger partial charge in [0.25, 0.3) is 5.91 Å². The van der Waals surface area contributed by atoms with Crippen molar-refractivity contribution in [1.82, 2.24) is 10.2 Å². The van der Waals surface area contributed by atoms with E-state index < -0.39 is 5.54 Å². The van der Waals surface area contributed by atoms with Gasteiger partial charge in [0, 0.05) is 6.54 Å². The van der Waals surface area contributed by atoms with E-state index in [-0.39, 0.29) is 11.9 Å². The fourth-order valence-electron chi connectivity index (χ4n) is 3.02. The van der Waals surface area contributed by atoms with Gasteiger partial charge >= 0.3 is 6.03 Å². The molecule has 0 saturated carbocycles. The van der Waals surface area contributed by atoms with Crippen LogP contribution in [0.15, 0.2) is 48.5 Å². The molecule has 0 aromatic heterocycles. The van der Waals surface area contributed by atoms with Crippen molar-refractivity contribution in [2.75, 3.05) is 13.7 Å². The minimum Gasteiger partial charge on any atom is -0.497 e. The predicted molar refractivity (Wildman–Crippen MR) is 95.5 cm³/mol. The van der Waals surface area contributed by atoms with Crippen molar-refractivity contribution >= 4 is 11.9 Å². The number of aryl methyl sites for hydroxylation is 1. The van der Waals surface area contributed by atoms with Gasteiger partial charge in [0.15, 0.2) is 0 Å². The minimum atomic E-state index is -1.01. The van der Waals surface area contributed by atoms with Crippen LogP contribution in [0.5, 0.6) is 5.75 Å². The van der Waals surface area contributed by atoms with Gasteiger partial charge < -0.3 is 10.1 Å². The Morgan fingerprint density at radius 2 is 1.68 bits per heavy atom. The van der Waals surface area contributed by atoms with E-state index in [9.17, 15) is 9.59 Å². The van der Waals surface area contributed by atoms with E-state index in [2.05, 4.69) is 5.32 Å². The second-order valence-electron chi connectivity index (χ2n) is 6.48. The molecule has 1 heterocycles. The Hall–Kier alpha value is -2.82. The Morgan fingerprint density at radius 1 is 1.04 bits per heavy atom. The van der Waals surface area contributed by atoms with Gasteiger partial charge in [-0.25, -0.2) is 4.79 Å². The van der Waals surface area contributed by atoms with E-state index in [1.54, 1.807) is 14.0 Å². The Bertz CT molecular complexity index is 784. The number of imide groups is 1. The molecule has 0 radical (unpaired) electrons. The average molecular weight is 338 g/mol. The van der Waals surface area contributed by atoms with Crippen molar-refractivity contribution in [3.05, 3.63) is 65.2 Å². The summed E-state index contributed by atoms with van der Waals surface area (Å²) < 4.78 is 5.14. The summed E-state index contributed by atoms with van der Waals surface area (Å²) in [5.41, 5.74) is 1.94. The van der Waals surface area contributed by atoms with Crippen LogP contribution in [0.3, 0.4) is 0 Å². The molecule has 25 heavy (non-hydrogen) atoms. The van der Waals surface area contributed by atoms with E-state index in [0.717, 1.165) is 22.4 Å². The third-order valence-electron chi connectivity index (χ3n) is 4.69. The molecule has 2 aromatic rings. The lowest BCUT2D eigenvalue weighted by Crippen LogP contribution is -2.41. The van der Waals surface area contributed by atoms with Crippen LogP contribution in [0.4, 0.5) is 4.79 Å². The van der Waals surface area contributed by atoms with Crippen LogP contribution in [-0.2, 0) is 16.8 Å². The second kappa shape index (κ2) is 6.59. The first kappa shape index (κ1) is 17.0. The molecule has 2 aromatic carbocycles. The molecule has 3 rings (SSSR count). The molecule has 0 bridgehead atoms. The maximum atomic E-state index is 12.9. The Kier molecular flexibility index (Phi) is 4.49. The second-order valence-corrected chi connectivity index (χ2v) is 6.48. The molecule has 5 heteroatoms. The zero-order valence-corrected chi connectivity index (χ0v) is 14.7.